The van der Waals surface area contributed by atoms with Crippen LogP contribution in [0.3, 0.4) is 0 Å². The van der Waals surface area contributed by atoms with Gasteiger partial charge in [0.2, 0.25) is 0 Å². The third-order valence-electron chi connectivity index (χ3n) is 6.12. The molecule has 164 valence electrons. The van der Waals surface area contributed by atoms with Gasteiger partial charge < -0.3 is 9.64 Å². The number of pyridine rings is 1. The molecule has 4 aromatic rings. The number of carbonyl (C=O) groups is 1. The number of para-hydroxylation sites is 1. The van der Waals surface area contributed by atoms with Crippen molar-refractivity contribution in [1.29, 1.82) is 0 Å². The molecular weight excluding hydrogens is 408 g/mol. The molecule has 5 rings (SSSR count). The van der Waals surface area contributed by atoms with Crippen LogP contribution in [0.25, 0.3) is 22.7 Å². The van der Waals surface area contributed by atoms with E-state index < -0.39 is 0 Å². The Morgan fingerprint density at radius 3 is 2.55 bits per heavy atom. The monoisotopic (exact) mass is 434 g/mol. The van der Waals surface area contributed by atoms with Crippen molar-refractivity contribution in [2.45, 2.75) is 26.3 Å². The van der Waals surface area contributed by atoms with Crippen molar-refractivity contribution in [1.82, 2.24) is 4.98 Å². The number of aromatic nitrogens is 1. The lowest BCUT2D eigenvalue weighted by atomic mass is 9.90. The number of nitrogens with zero attached hydrogens (tertiary/aromatic N) is 2. The van der Waals surface area contributed by atoms with Crippen LogP contribution in [0.15, 0.2) is 78.9 Å². The van der Waals surface area contributed by atoms with Gasteiger partial charge in [-0.25, -0.2) is 4.98 Å². The van der Waals surface area contributed by atoms with E-state index in [4.69, 9.17) is 9.72 Å². The van der Waals surface area contributed by atoms with E-state index in [2.05, 4.69) is 60.4 Å². The highest BCUT2D eigenvalue weighted by Crippen LogP contribution is 2.44. The van der Waals surface area contributed by atoms with Gasteiger partial charge in [0.05, 0.1) is 30.1 Å². The van der Waals surface area contributed by atoms with Gasteiger partial charge in [0, 0.05) is 23.1 Å². The predicted octanol–water partition coefficient (Wildman–Crippen LogP) is 6.59. The Morgan fingerprint density at radius 2 is 1.82 bits per heavy atom. The Balaban J connectivity index is 1.79. The average molecular weight is 435 g/mol. The van der Waals surface area contributed by atoms with Crippen LogP contribution in [-0.2, 0) is 4.79 Å². The van der Waals surface area contributed by atoms with Gasteiger partial charge in [-0.05, 0) is 68.0 Å². The number of ketones is 1. The van der Waals surface area contributed by atoms with Gasteiger partial charge in [-0.15, -0.1) is 0 Å². The van der Waals surface area contributed by atoms with E-state index in [0.717, 1.165) is 44.9 Å². The van der Waals surface area contributed by atoms with Crippen molar-refractivity contribution in [3.63, 3.8) is 0 Å². The van der Waals surface area contributed by atoms with E-state index in [0.29, 0.717) is 6.42 Å². The van der Waals surface area contributed by atoms with E-state index in [9.17, 15) is 4.79 Å². The summed E-state index contributed by atoms with van der Waals surface area (Å²) >= 11 is 0. The molecule has 1 aliphatic rings. The molecule has 0 fully saturated rings. The summed E-state index contributed by atoms with van der Waals surface area (Å²) in [6.45, 7) is 3.75. The summed E-state index contributed by atoms with van der Waals surface area (Å²) in [6.07, 6.45) is 2.54. The minimum absolute atomic E-state index is 0.142. The molecular formula is C29H26N2O2. The second kappa shape index (κ2) is 8.55. The van der Waals surface area contributed by atoms with Crippen molar-refractivity contribution in [3.8, 4) is 5.75 Å². The normalized spacial score (nSPS) is 15.2. The molecule has 3 aromatic carbocycles. The third-order valence-corrected chi connectivity index (χ3v) is 6.12. The number of methoxy groups -OCH3 is 1. The fourth-order valence-electron chi connectivity index (χ4n) is 4.61. The summed E-state index contributed by atoms with van der Waals surface area (Å²) in [5.74, 6) is 0.933. The number of benzene rings is 3. The second-order valence-electron chi connectivity index (χ2n) is 8.55. The first-order valence-corrected chi connectivity index (χ1v) is 11.1. The Bertz CT molecular complexity index is 1380. The highest BCUT2D eigenvalue weighted by atomic mass is 16.5. The molecule has 1 atom stereocenters. The van der Waals surface area contributed by atoms with Crippen molar-refractivity contribution >= 4 is 34.1 Å². The van der Waals surface area contributed by atoms with Crippen LogP contribution in [0, 0.1) is 6.92 Å². The van der Waals surface area contributed by atoms with Crippen molar-refractivity contribution in [2.24, 2.45) is 0 Å². The maximum atomic E-state index is 12.5. The number of hydrogen-bond donors (Lipinski definition) is 0. The maximum absolute atomic E-state index is 12.5. The molecule has 1 unspecified atom stereocenters. The maximum Gasteiger partial charge on any atom is 0.132 e. The molecule has 0 amide bonds. The molecule has 33 heavy (non-hydrogen) atoms. The van der Waals surface area contributed by atoms with Crippen LogP contribution in [0.1, 0.15) is 41.8 Å². The number of aryl methyl sites for hydroxylation is 1. The molecule has 0 radical (unpaired) electrons. The van der Waals surface area contributed by atoms with E-state index in [1.807, 2.05) is 36.4 Å². The number of ether oxygens (including phenoxy) is 1. The molecule has 0 N–H and O–H groups in total. The molecule has 1 aromatic heterocycles. The average Bonchev–Trinajstić information content (AvgIpc) is 2.82. The summed E-state index contributed by atoms with van der Waals surface area (Å²) in [4.78, 5) is 19.8. The van der Waals surface area contributed by atoms with Gasteiger partial charge in [0.25, 0.3) is 0 Å². The fraction of sp³-hybridized carbons (Fsp3) is 0.172. The molecule has 0 bridgehead atoms. The molecule has 0 spiro atoms. The van der Waals surface area contributed by atoms with Crippen LogP contribution in [0.2, 0.25) is 0 Å². The van der Waals surface area contributed by atoms with Crippen LogP contribution >= 0.6 is 0 Å². The van der Waals surface area contributed by atoms with Gasteiger partial charge in [0.1, 0.15) is 11.5 Å². The summed E-state index contributed by atoms with van der Waals surface area (Å²) < 4.78 is 5.43. The lowest BCUT2D eigenvalue weighted by molar-refractivity contribution is -0.117. The highest BCUT2D eigenvalue weighted by Gasteiger charge is 2.32. The van der Waals surface area contributed by atoms with E-state index in [1.54, 1.807) is 14.0 Å². The quantitative estimate of drug-likeness (QED) is 0.355. The molecule has 0 saturated carbocycles. The van der Waals surface area contributed by atoms with Gasteiger partial charge in [-0.2, -0.15) is 0 Å². The Morgan fingerprint density at radius 1 is 1.00 bits per heavy atom. The number of rotatable bonds is 5. The van der Waals surface area contributed by atoms with E-state index >= 15 is 0 Å². The van der Waals surface area contributed by atoms with Crippen LogP contribution in [0.5, 0.6) is 5.75 Å². The molecule has 4 heteroatoms. The Hall–Kier alpha value is -3.92. The first-order chi connectivity index (χ1) is 16.0. The third kappa shape index (κ3) is 4.00. The van der Waals surface area contributed by atoms with Gasteiger partial charge in [-0.1, -0.05) is 42.0 Å². The fourth-order valence-corrected chi connectivity index (χ4v) is 4.61. The number of Topliss-reactive ketones (excluding diaryl/α,β-unsaturated/α-hetero) is 1. The van der Waals surface area contributed by atoms with Crippen LogP contribution in [-0.4, -0.2) is 17.9 Å². The summed E-state index contributed by atoms with van der Waals surface area (Å²) in [5.41, 5.74) is 7.25. The minimum Gasteiger partial charge on any atom is -0.497 e. The highest BCUT2D eigenvalue weighted by molar-refractivity contribution is 5.96. The zero-order chi connectivity index (χ0) is 22.9. The van der Waals surface area contributed by atoms with E-state index in [1.165, 1.54) is 5.56 Å². The molecule has 0 aliphatic carbocycles. The largest absolute Gasteiger partial charge is 0.497 e. The second-order valence-corrected chi connectivity index (χ2v) is 8.55. The number of fused-ring (bicyclic) bond motifs is 2. The summed E-state index contributed by atoms with van der Waals surface area (Å²) in [7, 11) is 1.67. The number of anilines is 1. The Labute approximate surface area is 194 Å². The van der Waals surface area contributed by atoms with Gasteiger partial charge in [0.15, 0.2) is 0 Å². The minimum atomic E-state index is -0.163. The predicted molar refractivity (Wildman–Crippen MR) is 134 cm³/mol. The zero-order valence-electron chi connectivity index (χ0n) is 19.1. The number of hydrogen-bond acceptors (Lipinski definition) is 4. The van der Waals surface area contributed by atoms with Crippen molar-refractivity contribution < 1.29 is 9.53 Å². The summed E-state index contributed by atoms with van der Waals surface area (Å²) in [5, 5.41) is 1.00. The lowest BCUT2D eigenvalue weighted by Gasteiger charge is -2.39. The molecule has 0 saturated heterocycles. The first kappa shape index (κ1) is 21.0. The van der Waals surface area contributed by atoms with Gasteiger partial charge >= 0.3 is 0 Å². The topological polar surface area (TPSA) is 42.4 Å². The standard InChI is InChI=1S/C29H26N2O2/c1-19-8-7-9-21(14-19)28-18-27-25(17-22-16-24(33-3)12-13-26(22)30-27)29(15-20(2)32)31(28)23-10-5-4-6-11-23/h4-14,16-18,29H,15H2,1-3H3. The summed E-state index contributed by atoms with van der Waals surface area (Å²) in [6, 6.07) is 26.7. The lowest BCUT2D eigenvalue weighted by Crippen LogP contribution is -2.32. The molecule has 2 heterocycles. The zero-order valence-corrected chi connectivity index (χ0v) is 19.1. The van der Waals surface area contributed by atoms with Crippen LogP contribution < -0.4 is 9.64 Å². The van der Waals surface area contributed by atoms with Crippen molar-refractivity contribution in [2.75, 3.05) is 12.0 Å². The Kier molecular flexibility index (Phi) is 5.43. The number of carbonyl (C=O) groups excluding carboxylic acids is 1. The SMILES string of the molecule is COc1ccc2nc3c(cc2c1)C(CC(C)=O)N(c1ccccc1)C(c1cccc(C)c1)=C3. The molecule has 1 aliphatic heterocycles. The van der Waals surface area contributed by atoms with E-state index in [-0.39, 0.29) is 11.8 Å². The van der Waals surface area contributed by atoms with Crippen LogP contribution in [0.4, 0.5) is 5.69 Å². The molecule has 4 nitrogen and oxygen atoms in total. The first-order valence-electron chi connectivity index (χ1n) is 11.1. The smallest absolute Gasteiger partial charge is 0.132 e. The van der Waals surface area contributed by atoms with Gasteiger partial charge in [-0.3, -0.25) is 4.79 Å². The van der Waals surface area contributed by atoms with Crippen molar-refractivity contribution in [3.05, 3.63) is 101 Å².